The van der Waals surface area contributed by atoms with Crippen molar-refractivity contribution in [1.82, 2.24) is 0 Å². The molecule has 0 heterocycles. The van der Waals surface area contributed by atoms with Gasteiger partial charge in [0, 0.05) is 10.0 Å². The van der Waals surface area contributed by atoms with Gasteiger partial charge in [-0.2, -0.15) is 0 Å². The smallest absolute Gasteiger partial charge is 0.0423 e. The van der Waals surface area contributed by atoms with Crippen LogP contribution in [-0.2, 0) is 6.42 Å². The molecule has 1 radical (unpaired) electrons. The third kappa shape index (κ3) is 1.89. The van der Waals surface area contributed by atoms with Crippen molar-refractivity contribution in [2.45, 2.75) is 6.42 Å². The summed E-state index contributed by atoms with van der Waals surface area (Å²) in [6.07, 6.45) is 0.722. The van der Waals surface area contributed by atoms with Crippen LogP contribution in [0.2, 0.25) is 10.0 Å². The van der Waals surface area contributed by atoms with E-state index >= 15 is 0 Å². The molecule has 0 atom stereocenters. The Kier molecular flexibility index (Phi) is 2.58. The standard InChI is InChI=1S/C8H7Cl2/c1-2-6-3-7(9)5-8(10)4-6/h3-5H,1-2H2. The topological polar surface area (TPSA) is 0 Å². The molecule has 1 aromatic carbocycles. The van der Waals surface area contributed by atoms with Gasteiger partial charge in [0.1, 0.15) is 0 Å². The molecule has 0 aliphatic heterocycles. The third-order valence-electron chi connectivity index (χ3n) is 1.21. The van der Waals surface area contributed by atoms with Crippen LogP contribution in [-0.4, -0.2) is 0 Å². The quantitative estimate of drug-likeness (QED) is 0.612. The lowest BCUT2D eigenvalue weighted by atomic mass is 10.2. The lowest BCUT2D eigenvalue weighted by Gasteiger charge is -1.97. The molecule has 1 rings (SSSR count). The van der Waals surface area contributed by atoms with E-state index in [4.69, 9.17) is 23.2 Å². The van der Waals surface area contributed by atoms with Gasteiger partial charge in [-0.15, -0.1) is 0 Å². The minimum absolute atomic E-state index is 0.672. The van der Waals surface area contributed by atoms with E-state index in [-0.39, 0.29) is 0 Å². The van der Waals surface area contributed by atoms with Crippen molar-refractivity contribution in [3.05, 3.63) is 40.7 Å². The van der Waals surface area contributed by atoms with Crippen LogP contribution in [0.15, 0.2) is 18.2 Å². The molecule has 0 aliphatic carbocycles. The van der Waals surface area contributed by atoms with Crippen LogP contribution in [0.5, 0.6) is 0 Å². The summed E-state index contributed by atoms with van der Waals surface area (Å²) < 4.78 is 0. The maximum absolute atomic E-state index is 5.72. The highest BCUT2D eigenvalue weighted by molar-refractivity contribution is 6.34. The lowest BCUT2D eigenvalue weighted by molar-refractivity contribution is 1.27. The van der Waals surface area contributed by atoms with Gasteiger partial charge >= 0.3 is 0 Å². The van der Waals surface area contributed by atoms with Gasteiger partial charge in [-0.05, 0) is 37.1 Å². The Labute approximate surface area is 70.8 Å². The van der Waals surface area contributed by atoms with E-state index in [9.17, 15) is 0 Å². The highest BCUT2D eigenvalue weighted by Gasteiger charge is 1.94. The highest BCUT2D eigenvalue weighted by Crippen LogP contribution is 2.18. The van der Waals surface area contributed by atoms with E-state index in [1.54, 1.807) is 6.07 Å². The summed E-state index contributed by atoms with van der Waals surface area (Å²) in [5, 5.41) is 1.34. The van der Waals surface area contributed by atoms with Gasteiger partial charge in [0.25, 0.3) is 0 Å². The molecule has 0 nitrogen and oxygen atoms in total. The second-order valence-electron chi connectivity index (χ2n) is 2.03. The first-order valence-corrected chi connectivity index (χ1v) is 3.72. The fourth-order valence-corrected chi connectivity index (χ4v) is 1.33. The molecule has 0 N–H and O–H groups in total. The fourth-order valence-electron chi connectivity index (χ4n) is 0.755. The van der Waals surface area contributed by atoms with Crippen molar-refractivity contribution < 1.29 is 0 Å². The zero-order valence-electron chi connectivity index (χ0n) is 5.40. The van der Waals surface area contributed by atoms with Gasteiger partial charge in [-0.1, -0.05) is 23.2 Å². The average molecular weight is 174 g/mol. The Balaban J connectivity index is 3.06. The first-order chi connectivity index (χ1) is 4.72. The number of halogens is 2. The van der Waals surface area contributed by atoms with Crippen LogP contribution in [0.25, 0.3) is 0 Å². The maximum Gasteiger partial charge on any atom is 0.0423 e. The molecule has 10 heavy (non-hydrogen) atoms. The van der Waals surface area contributed by atoms with Crippen LogP contribution >= 0.6 is 23.2 Å². The Bertz CT molecular complexity index is 210. The van der Waals surface area contributed by atoms with Gasteiger partial charge in [-0.3, -0.25) is 0 Å². The molecule has 2 heteroatoms. The summed E-state index contributed by atoms with van der Waals surface area (Å²) >= 11 is 11.4. The Hall–Kier alpha value is -0.200. The van der Waals surface area contributed by atoms with Gasteiger partial charge in [0.2, 0.25) is 0 Å². The molecule has 0 aliphatic rings. The molecule has 0 amide bonds. The number of benzene rings is 1. The van der Waals surface area contributed by atoms with E-state index in [1.165, 1.54) is 0 Å². The largest absolute Gasteiger partial charge is 0.0843 e. The Morgan fingerprint density at radius 3 is 2.00 bits per heavy atom. The van der Waals surface area contributed by atoms with Crippen LogP contribution < -0.4 is 0 Å². The number of rotatable bonds is 1. The van der Waals surface area contributed by atoms with Gasteiger partial charge in [-0.25, -0.2) is 0 Å². The summed E-state index contributed by atoms with van der Waals surface area (Å²) in [5.41, 5.74) is 1.07. The lowest BCUT2D eigenvalue weighted by Crippen LogP contribution is -1.78. The number of hydrogen-bond donors (Lipinski definition) is 0. The maximum atomic E-state index is 5.72. The molecule has 0 saturated carbocycles. The summed E-state index contributed by atoms with van der Waals surface area (Å²) in [6, 6.07) is 5.43. The molecule has 0 unspecified atom stereocenters. The van der Waals surface area contributed by atoms with Crippen LogP contribution in [0.4, 0.5) is 0 Å². The van der Waals surface area contributed by atoms with E-state index in [2.05, 4.69) is 6.92 Å². The minimum Gasteiger partial charge on any atom is -0.0843 e. The molecular weight excluding hydrogens is 167 g/mol. The van der Waals surface area contributed by atoms with E-state index in [0.29, 0.717) is 10.0 Å². The third-order valence-corrected chi connectivity index (χ3v) is 1.65. The molecule has 1 aromatic rings. The van der Waals surface area contributed by atoms with Crippen molar-refractivity contribution in [2.24, 2.45) is 0 Å². The van der Waals surface area contributed by atoms with Crippen molar-refractivity contribution in [3.63, 3.8) is 0 Å². The summed E-state index contributed by atoms with van der Waals surface area (Å²) in [4.78, 5) is 0. The Morgan fingerprint density at radius 2 is 1.60 bits per heavy atom. The van der Waals surface area contributed by atoms with Gasteiger partial charge in [0.15, 0.2) is 0 Å². The summed E-state index contributed by atoms with van der Waals surface area (Å²) in [7, 11) is 0. The minimum atomic E-state index is 0.672. The zero-order chi connectivity index (χ0) is 7.56. The predicted molar refractivity (Wildman–Crippen MR) is 45.5 cm³/mol. The molecule has 0 saturated heterocycles. The van der Waals surface area contributed by atoms with Crippen LogP contribution in [0.3, 0.4) is 0 Å². The van der Waals surface area contributed by atoms with E-state index < -0.39 is 0 Å². The normalized spacial score (nSPS) is 9.90. The first kappa shape index (κ1) is 7.90. The van der Waals surface area contributed by atoms with Crippen molar-refractivity contribution in [2.75, 3.05) is 0 Å². The van der Waals surface area contributed by atoms with E-state index in [1.807, 2.05) is 12.1 Å². The molecular formula is C8H7Cl2. The van der Waals surface area contributed by atoms with Crippen LogP contribution in [0.1, 0.15) is 5.56 Å². The van der Waals surface area contributed by atoms with Gasteiger partial charge < -0.3 is 0 Å². The first-order valence-electron chi connectivity index (χ1n) is 2.96. The zero-order valence-corrected chi connectivity index (χ0v) is 6.91. The second-order valence-corrected chi connectivity index (χ2v) is 2.90. The molecule has 0 fully saturated rings. The molecule has 0 bridgehead atoms. The second kappa shape index (κ2) is 3.27. The van der Waals surface area contributed by atoms with Crippen LogP contribution in [0, 0.1) is 6.92 Å². The summed E-state index contributed by atoms with van der Waals surface area (Å²) in [5.74, 6) is 0. The van der Waals surface area contributed by atoms with Crippen molar-refractivity contribution in [1.29, 1.82) is 0 Å². The van der Waals surface area contributed by atoms with Crippen molar-refractivity contribution >= 4 is 23.2 Å². The fraction of sp³-hybridized carbons (Fsp3) is 0.125. The van der Waals surface area contributed by atoms with Crippen molar-refractivity contribution in [3.8, 4) is 0 Å². The Morgan fingerprint density at radius 1 is 1.10 bits per heavy atom. The molecule has 0 aromatic heterocycles. The predicted octanol–water partition coefficient (Wildman–Crippen LogP) is 3.37. The van der Waals surface area contributed by atoms with Gasteiger partial charge in [0.05, 0.1) is 0 Å². The monoisotopic (exact) mass is 173 g/mol. The SMILES string of the molecule is [CH2]Cc1cc(Cl)cc(Cl)c1. The summed E-state index contributed by atoms with van der Waals surface area (Å²) in [6.45, 7) is 3.72. The molecule has 0 spiro atoms. The van der Waals surface area contributed by atoms with E-state index in [0.717, 1.165) is 12.0 Å². The molecule has 53 valence electrons. The number of hydrogen-bond acceptors (Lipinski definition) is 0. The average Bonchev–Trinajstić information content (AvgIpc) is 1.85. The highest BCUT2D eigenvalue weighted by atomic mass is 35.5.